The molecule has 3 unspecified atom stereocenters. The Hall–Kier alpha value is -0.160. The molecule has 0 radical (unpaired) electrons. The van der Waals surface area contributed by atoms with Crippen molar-refractivity contribution in [2.75, 3.05) is 32.8 Å². The van der Waals surface area contributed by atoms with E-state index in [0.29, 0.717) is 12.1 Å². The largest absolute Gasteiger partial charge is 0.394 e. The SMILES string of the molecule is CCNC(C)C(C)(C)CN1CC(CO)OCC1C. The van der Waals surface area contributed by atoms with Crippen LogP contribution in [-0.4, -0.2) is 61.0 Å². The Labute approximate surface area is 112 Å². The summed E-state index contributed by atoms with van der Waals surface area (Å²) in [6, 6.07) is 0.908. The predicted molar refractivity (Wildman–Crippen MR) is 74.8 cm³/mol. The number of aliphatic hydroxyl groups is 1. The van der Waals surface area contributed by atoms with Gasteiger partial charge in [0.25, 0.3) is 0 Å². The van der Waals surface area contributed by atoms with Gasteiger partial charge in [0, 0.05) is 25.2 Å². The van der Waals surface area contributed by atoms with E-state index in [1.165, 1.54) is 0 Å². The van der Waals surface area contributed by atoms with Crippen molar-refractivity contribution >= 4 is 0 Å². The summed E-state index contributed by atoms with van der Waals surface area (Å²) in [6.07, 6.45) is -0.0218. The van der Waals surface area contributed by atoms with Crippen molar-refractivity contribution in [3.8, 4) is 0 Å². The van der Waals surface area contributed by atoms with Gasteiger partial charge in [0.05, 0.1) is 19.3 Å². The van der Waals surface area contributed by atoms with Crippen molar-refractivity contribution in [3.63, 3.8) is 0 Å². The van der Waals surface area contributed by atoms with E-state index in [4.69, 9.17) is 4.74 Å². The summed E-state index contributed by atoms with van der Waals surface area (Å²) in [5.74, 6) is 0. The molecule has 108 valence electrons. The van der Waals surface area contributed by atoms with Crippen LogP contribution in [0.25, 0.3) is 0 Å². The third-order valence-corrected chi connectivity index (χ3v) is 4.13. The average Bonchev–Trinajstić information content (AvgIpc) is 2.32. The lowest BCUT2D eigenvalue weighted by atomic mass is 9.84. The molecule has 1 heterocycles. The maximum Gasteiger partial charge on any atom is 0.0933 e. The second kappa shape index (κ2) is 6.85. The highest BCUT2D eigenvalue weighted by molar-refractivity contribution is 4.87. The highest BCUT2D eigenvalue weighted by Gasteiger charge is 2.33. The minimum atomic E-state index is -0.0218. The number of morpholine rings is 1. The summed E-state index contributed by atoms with van der Waals surface area (Å²) in [6.45, 7) is 14.9. The van der Waals surface area contributed by atoms with Crippen LogP contribution in [0, 0.1) is 5.41 Å². The van der Waals surface area contributed by atoms with Gasteiger partial charge in [-0.3, -0.25) is 4.90 Å². The van der Waals surface area contributed by atoms with Gasteiger partial charge in [0.1, 0.15) is 0 Å². The van der Waals surface area contributed by atoms with Crippen molar-refractivity contribution in [3.05, 3.63) is 0 Å². The number of nitrogens with one attached hydrogen (secondary N) is 1. The van der Waals surface area contributed by atoms with E-state index < -0.39 is 0 Å². The Balaban J connectivity index is 2.57. The molecule has 0 aliphatic carbocycles. The molecular weight excluding hydrogens is 228 g/mol. The van der Waals surface area contributed by atoms with E-state index in [1.807, 2.05) is 0 Å². The molecule has 1 saturated heterocycles. The van der Waals surface area contributed by atoms with Crippen molar-refractivity contribution in [2.24, 2.45) is 5.41 Å². The van der Waals surface area contributed by atoms with Crippen molar-refractivity contribution in [2.45, 2.75) is 52.8 Å². The van der Waals surface area contributed by atoms with Crippen LogP contribution in [0.3, 0.4) is 0 Å². The van der Waals surface area contributed by atoms with Crippen molar-refractivity contribution in [1.29, 1.82) is 0 Å². The lowest BCUT2D eigenvalue weighted by Gasteiger charge is -2.43. The molecule has 3 atom stereocenters. The van der Waals surface area contributed by atoms with Crippen LogP contribution >= 0.6 is 0 Å². The first kappa shape index (κ1) is 15.9. The number of nitrogens with zero attached hydrogens (tertiary/aromatic N) is 1. The second-order valence-electron chi connectivity index (χ2n) is 6.18. The molecule has 0 aromatic carbocycles. The molecule has 0 saturated carbocycles. The normalized spacial score (nSPS) is 28.3. The van der Waals surface area contributed by atoms with Crippen LogP contribution < -0.4 is 5.32 Å². The van der Waals surface area contributed by atoms with Crippen molar-refractivity contribution < 1.29 is 9.84 Å². The zero-order valence-electron chi connectivity index (χ0n) is 12.6. The molecule has 0 amide bonds. The Morgan fingerprint density at radius 1 is 1.50 bits per heavy atom. The zero-order valence-corrected chi connectivity index (χ0v) is 12.6. The molecule has 1 fully saturated rings. The fourth-order valence-electron chi connectivity index (χ4n) is 2.45. The number of hydrogen-bond acceptors (Lipinski definition) is 4. The van der Waals surface area contributed by atoms with E-state index in [0.717, 1.165) is 26.2 Å². The van der Waals surface area contributed by atoms with Gasteiger partial charge in [-0.05, 0) is 25.8 Å². The molecule has 4 heteroatoms. The van der Waals surface area contributed by atoms with E-state index in [-0.39, 0.29) is 18.1 Å². The Morgan fingerprint density at radius 2 is 2.17 bits per heavy atom. The number of hydrogen-bond donors (Lipinski definition) is 2. The first-order valence-corrected chi connectivity index (χ1v) is 7.10. The lowest BCUT2D eigenvalue weighted by Crippen LogP contribution is -2.55. The Kier molecular flexibility index (Phi) is 6.05. The van der Waals surface area contributed by atoms with Crippen LogP contribution in [0.5, 0.6) is 0 Å². The molecule has 4 nitrogen and oxygen atoms in total. The quantitative estimate of drug-likeness (QED) is 0.749. The maximum atomic E-state index is 9.22. The van der Waals surface area contributed by atoms with Gasteiger partial charge in [-0.2, -0.15) is 0 Å². The van der Waals surface area contributed by atoms with Crippen LogP contribution in [0.2, 0.25) is 0 Å². The molecule has 0 aromatic heterocycles. The van der Waals surface area contributed by atoms with Crippen molar-refractivity contribution in [1.82, 2.24) is 10.2 Å². The highest BCUT2D eigenvalue weighted by Crippen LogP contribution is 2.25. The van der Waals surface area contributed by atoms with Crippen LogP contribution in [-0.2, 0) is 4.74 Å². The molecular formula is C14H30N2O2. The van der Waals surface area contributed by atoms with Crippen LogP contribution in [0.4, 0.5) is 0 Å². The highest BCUT2D eigenvalue weighted by atomic mass is 16.5. The fraction of sp³-hybridized carbons (Fsp3) is 1.00. The van der Waals surface area contributed by atoms with Gasteiger partial charge in [-0.25, -0.2) is 0 Å². The minimum absolute atomic E-state index is 0.0218. The third kappa shape index (κ3) is 4.19. The molecule has 18 heavy (non-hydrogen) atoms. The average molecular weight is 258 g/mol. The van der Waals surface area contributed by atoms with Gasteiger partial charge in [-0.1, -0.05) is 20.8 Å². The lowest BCUT2D eigenvalue weighted by molar-refractivity contribution is -0.0877. The molecule has 2 N–H and O–H groups in total. The third-order valence-electron chi connectivity index (χ3n) is 4.13. The molecule has 0 bridgehead atoms. The molecule has 0 spiro atoms. The number of aliphatic hydroxyl groups excluding tert-OH is 1. The molecule has 0 aromatic rings. The standard InChI is InChI=1S/C14H30N2O2/c1-6-15-12(3)14(4,5)10-16-7-13(8-17)18-9-11(16)2/h11-13,15,17H,6-10H2,1-5H3. The molecule has 1 rings (SSSR count). The monoisotopic (exact) mass is 258 g/mol. The summed E-state index contributed by atoms with van der Waals surface area (Å²) in [5, 5.41) is 12.7. The summed E-state index contributed by atoms with van der Waals surface area (Å²) >= 11 is 0. The van der Waals surface area contributed by atoms with E-state index >= 15 is 0 Å². The first-order valence-electron chi connectivity index (χ1n) is 7.10. The van der Waals surface area contributed by atoms with Gasteiger partial charge in [0.2, 0.25) is 0 Å². The smallest absolute Gasteiger partial charge is 0.0933 e. The predicted octanol–water partition coefficient (Wildman–Crippen LogP) is 1.09. The van der Waals surface area contributed by atoms with Crippen LogP contribution in [0.15, 0.2) is 0 Å². The summed E-state index contributed by atoms with van der Waals surface area (Å²) in [5.41, 5.74) is 0.210. The van der Waals surface area contributed by atoms with Gasteiger partial charge in [0.15, 0.2) is 0 Å². The number of ether oxygens (including phenoxy) is 1. The van der Waals surface area contributed by atoms with E-state index in [1.54, 1.807) is 0 Å². The Morgan fingerprint density at radius 3 is 2.72 bits per heavy atom. The van der Waals surface area contributed by atoms with Gasteiger partial charge >= 0.3 is 0 Å². The topological polar surface area (TPSA) is 44.7 Å². The fourth-order valence-corrected chi connectivity index (χ4v) is 2.45. The number of rotatable bonds is 6. The minimum Gasteiger partial charge on any atom is -0.394 e. The summed E-state index contributed by atoms with van der Waals surface area (Å²) < 4.78 is 5.58. The van der Waals surface area contributed by atoms with Crippen LogP contribution in [0.1, 0.15) is 34.6 Å². The first-order chi connectivity index (χ1) is 8.40. The second-order valence-corrected chi connectivity index (χ2v) is 6.18. The van der Waals surface area contributed by atoms with Gasteiger partial charge < -0.3 is 15.2 Å². The Bertz CT molecular complexity index is 246. The maximum absolute atomic E-state index is 9.22. The molecule has 1 aliphatic heterocycles. The summed E-state index contributed by atoms with van der Waals surface area (Å²) in [7, 11) is 0. The van der Waals surface area contributed by atoms with E-state index in [2.05, 4.69) is 44.8 Å². The summed E-state index contributed by atoms with van der Waals surface area (Å²) in [4.78, 5) is 2.44. The zero-order chi connectivity index (χ0) is 13.8. The van der Waals surface area contributed by atoms with Gasteiger partial charge in [-0.15, -0.1) is 0 Å². The molecule has 1 aliphatic rings. The van der Waals surface area contributed by atoms with E-state index in [9.17, 15) is 5.11 Å².